The summed E-state index contributed by atoms with van der Waals surface area (Å²) >= 11 is 5.86. The van der Waals surface area contributed by atoms with Crippen molar-refractivity contribution in [1.82, 2.24) is 9.71 Å². The minimum Gasteiger partial charge on any atom is -0.445 e. The molecule has 1 aromatic heterocycles. The van der Waals surface area contributed by atoms with Crippen LogP contribution in [-0.4, -0.2) is 13.4 Å². The van der Waals surface area contributed by atoms with E-state index in [1.54, 1.807) is 13.0 Å². The number of nitrogens with zero attached hydrogens (tertiary/aromatic N) is 1. The zero-order valence-corrected chi connectivity index (χ0v) is 11.6. The highest BCUT2D eigenvalue weighted by atomic mass is 35.5. The summed E-state index contributed by atoms with van der Waals surface area (Å²) < 4.78 is 31.7. The van der Waals surface area contributed by atoms with E-state index in [1.807, 2.05) is 0 Å². The molecule has 0 saturated heterocycles. The summed E-state index contributed by atoms with van der Waals surface area (Å²) in [5, 5.41) is 0.0658. The van der Waals surface area contributed by atoms with Crippen LogP contribution in [0.5, 0.6) is 0 Å². The summed E-state index contributed by atoms with van der Waals surface area (Å²) in [5.41, 5.74) is 5.72. The fourth-order valence-corrected chi connectivity index (χ4v) is 3.17. The van der Waals surface area contributed by atoms with Crippen molar-refractivity contribution >= 4 is 27.3 Å². The third-order valence-corrected chi connectivity index (χ3v) is 4.29. The molecule has 0 atom stereocenters. The lowest BCUT2D eigenvalue weighted by Gasteiger charge is -2.09. The van der Waals surface area contributed by atoms with Gasteiger partial charge in [-0.1, -0.05) is 17.7 Å². The number of halogens is 1. The third-order valence-electron chi connectivity index (χ3n) is 2.35. The van der Waals surface area contributed by atoms with Gasteiger partial charge in [0.2, 0.25) is 15.9 Å². The van der Waals surface area contributed by atoms with Gasteiger partial charge in [-0.05, 0) is 19.1 Å². The highest BCUT2D eigenvalue weighted by molar-refractivity contribution is 7.89. The number of hydrogen-bond acceptors (Lipinski definition) is 5. The third kappa shape index (κ3) is 3.06. The van der Waals surface area contributed by atoms with Crippen molar-refractivity contribution in [3.63, 3.8) is 0 Å². The normalized spacial score (nSPS) is 11.7. The second-order valence-corrected chi connectivity index (χ2v) is 5.96. The first-order valence-electron chi connectivity index (χ1n) is 5.35. The van der Waals surface area contributed by atoms with E-state index in [0.717, 1.165) is 0 Å². The summed E-state index contributed by atoms with van der Waals surface area (Å²) in [4.78, 5) is 3.76. The van der Waals surface area contributed by atoms with Crippen LogP contribution in [0.1, 0.15) is 11.7 Å². The maximum absolute atomic E-state index is 12.1. The number of oxazole rings is 1. The van der Waals surface area contributed by atoms with E-state index in [-0.39, 0.29) is 28.0 Å². The molecular weight excluding hydrogens is 290 g/mol. The Bertz CT molecular complexity index is 677. The van der Waals surface area contributed by atoms with Crippen LogP contribution in [0.25, 0.3) is 0 Å². The molecule has 0 aliphatic carbocycles. The molecule has 0 amide bonds. The zero-order chi connectivity index (χ0) is 14.0. The average molecular weight is 302 g/mol. The molecule has 0 fully saturated rings. The minimum atomic E-state index is -3.82. The van der Waals surface area contributed by atoms with Crippen molar-refractivity contribution in [2.75, 3.05) is 5.73 Å². The van der Waals surface area contributed by atoms with Gasteiger partial charge in [-0.15, -0.1) is 0 Å². The van der Waals surface area contributed by atoms with Gasteiger partial charge >= 0.3 is 0 Å². The fourth-order valence-electron chi connectivity index (χ4n) is 1.52. The molecule has 6 nitrogen and oxygen atoms in total. The van der Waals surface area contributed by atoms with Crippen molar-refractivity contribution in [3.8, 4) is 0 Å². The molecule has 0 bridgehead atoms. The number of nitrogens with two attached hydrogens (primary N) is 1. The maximum atomic E-state index is 12.1. The molecule has 0 unspecified atom stereocenters. The Balaban J connectivity index is 2.23. The number of nitrogens with one attached hydrogen (secondary N) is 1. The average Bonchev–Trinajstić information content (AvgIpc) is 2.72. The molecule has 1 aromatic carbocycles. The number of aromatic nitrogens is 1. The predicted octanol–water partition coefficient (Wildman–Crippen LogP) is 1.70. The summed E-state index contributed by atoms with van der Waals surface area (Å²) in [6, 6.07) is 4.51. The van der Waals surface area contributed by atoms with Crippen LogP contribution in [0.15, 0.2) is 33.7 Å². The number of nitrogen functional groups attached to an aromatic ring is 1. The Labute approximate surface area is 115 Å². The molecule has 2 aromatic rings. The van der Waals surface area contributed by atoms with Crippen LogP contribution in [0.3, 0.4) is 0 Å². The second-order valence-electron chi connectivity index (χ2n) is 3.85. The Morgan fingerprint density at radius 2 is 2.21 bits per heavy atom. The Hall–Kier alpha value is -1.57. The van der Waals surface area contributed by atoms with Gasteiger partial charge < -0.3 is 10.2 Å². The van der Waals surface area contributed by atoms with Gasteiger partial charge in [-0.2, -0.15) is 0 Å². The van der Waals surface area contributed by atoms with Crippen molar-refractivity contribution < 1.29 is 12.8 Å². The molecule has 2 rings (SSSR count). The summed E-state index contributed by atoms with van der Waals surface area (Å²) in [6.45, 7) is 1.65. The van der Waals surface area contributed by atoms with Crippen molar-refractivity contribution in [3.05, 3.63) is 41.1 Å². The van der Waals surface area contributed by atoms with Gasteiger partial charge in [0, 0.05) is 0 Å². The van der Waals surface area contributed by atoms with E-state index < -0.39 is 10.0 Å². The largest absolute Gasteiger partial charge is 0.445 e. The van der Waals surface area contributed by atoms with Crippen molar-refractivity contribution in [2.45, 2.75) is 18.4 Å². The van der Waals surface area contributed by atoms with E-state index in [4.69, 9.17) is 21.8 Å². The minimum absolute atomic E-state index is 0.0658. The number of anilines is 1. The molecule has 1 heterocycles. The molecule has 0 aliphatic rings. The summed E-state index contributed by atoms with van der Waals surface area (Å²) in [5.74, 6) is 0.873. The lowest BCUT2D eigenvalue weighted by atomic mass is 10.3. The first-order chi connectivity index (χ1) is 8.90. The van der Waals surface area contributed by atoms with Gasteiger partial charge in [0.05, 0.1) is 23.5 Å². The number of rotatable bonds is 4. The van der Waals surface area contributed by atoms with Crippen LogP contribution in [-0.2, 0) is 16.6 Å². The molecule has 0 saturated carbocycles. The van der Waals surface area contributed by atoms with E-state index in [2.05, 4.69) is 9.71 Å². The number of aryl methyl sites for hydroxylation is 1. The Morgan fingerprint density at radius 3 is 2.79 bits per heavy atom. The van der Waals surface area contributed by atoms with Crippen LogP contribution < -0.4 is 10.5 Å². The summed E-state index contributed by atoms with van der Waals surface area (Å²) in [7, 11) is -3.82. The molecular formula is C11H12ClN3O3S. The highest BCUT2D eigenvalue weighted by Crippen LogP contribution is 2.26. The van der Waals surface area contributed by atoms with Gasteiger partial charge in [-0.3, -0.25) is 0 Å². The van der Waals surface area contributed by atoms with Gasteiger partial charge in [-0.25, -0.2) is 18.1 Å². The Morgan fingerprint density at radius 1 is 1.47 bits per heavy atom. The van der Waals surface area contributed by atoms with Crippen LogP contribution in [0, 0.1) is 6.92 Å². The SMILES string of the molecule is Cc1cnc(CNS(=O)(=O)c2c(N)cccc2Cl)o1. The quantitative estimate of drug-likeness (QED) is 0.837. The monoisotopic (exact) mass is 301 g/mol. The number of benzene rings is 1. The topological polar surface area (TPSA) is 98.2 Å². The molecule has 8 heteroatoms. The van der Waals surface area contributed by atoms with E-state index in [1.165, 1.54) is 18.3 Å². The number of sulfonamides is 1. The smallest absolute Gasteiger partial charge is 0.244 e. The van der Waals surface area contributed by atoms with E-state index >= 15 is 0 Å². The predicted molar refractivity (Wildman–Crippen MR) is 71.1 cm³/mol. The van der Waals surface area contributed by atoms with Crippen LogP contribution in [0.4, 0.5) is 5.69 Å². The lowest BCUT2D eigenvalue weighted by Crippen LogP contribution is -2.24. The van der Waals surface area contributed by atoms with Gasteiger partial charge in [0.1, 0.15) is 10.7 Å². The molecule has 102 valence electrons. The zero-order valence-electron chi connectivity index (χ0n) is 10.1. The number of hydrogen-bond donors (Lipinski definition) is 2. The van der Waals surface area contributed by atoms with E-state index in [0.29, 0.717) is 5.76 Å². The first kappa shape index (κ1) is 13.9. The maximum Gasteiger partial charge on any atom is 0.244 e. The molecule has 19 heavy (non-hydrogen) atoms. The molecule has 0 radical (unpaired) electrons. The Kier molecular flexibility index (Phi) is 3.79. The first-order valence-corrected chi connectivity index (χ1v) is 7.21. The molecule has 0 aliphatic heterocycles. The second kappa shape index (κ2) is 5.20. The fraction of sp³-hybridized carbons (Fsp3) is 0.182. The van der Waals surface area contributed by atoms with Crippen LogP contribution >= 0.6 is 11.6 Å². The van der Waals surface area contributed by atoms with Crippen molar-refractivity contribution in [1.29, 1.82) is 0 Å². The lowest BCUT2D eigenvalue weighted by molar-refractivity contribution is 0.463. The standard InChI is InChI=1S/C11H12ClN3O3S/c1-7-5-14-10(18-7)6-15-19(16,17)11-8(12)3-2-4-9(11)13/h2-5,15H,6,13H2,1H3. The van der Waals surface area contributed by atoms with Gasteiger partial charge in [0.15, 0.2) is 0 Å². The summed E-state index contributed by atoms with van der Waals surface area (Å²) in [6.07, 6.45) is 1.51. The van der Waals surface area contributed by atoms with E-state index in [9.17, 15) is 8.42 Å². The van der Waals surface area contributed by atoms with Crippen molar-refractivity contribution in [2.24, 2.45) is 0 Å². The highest BCUT2D eigenvalue weighted by Gasteiger charge is 2.21. The van der Waals surface area contributed by atoms with Gasteiger partial charge in [0.25, 0.3) is 0 Å². The van der Waals surface area contributed by atoms with Crippen LogP contribution in [0.2, 0.25) is 5.02 Å². The molecule has 0 spiro atoms. The molecule has 3 N–H and O–H groups in total.